The molecule has 1 aromatic carbocycles. The summed E-state index contributed by atoms with van der Waals surface area (Å²) in [6.07, 6.45) is 0.584. The molecule has 0 bridgehead atoms. The van der Waals surface area contributed by atoms with Gasteiger partial charge in [-0.2, -0.15) is 0 Å². The Balaban J connectivity index is 0.00000361. The lowest BCUT2D eigenvalue weighted by atomic mass is 10.1. The van der Waals surface area contributed by atoms with Crippen molar-refractivity contribution in [1.82, 2.24) is 5.32 Å². The molecule has 0 aliphatic rings. The Labute approximate surface area is 125 Å². The number of halogens is 1. The van der Waals surface area contributed by atoms with Crippen LogP contribution in [-0.4, -0.2) is 23.9 Å². The summed E-state index contributed by atoms with van der Waals surface area (Å²) >= 11 is 0. The fourth-order valence-electron chi connectivity index (χ4n) is 1.47. The number of carbonyl (C=O) groups is 2. The average Bonchev–Trinajstić information content (AvgIpc) is 2.37. The highest BCUT2D eigenvalue weighted by Gasteiger charge is 2.11. The van der Waals surface area contributed by atoms with Gasteiger partial charge in [-0.05, 0) is 44.5 Å². The molecular weight excluding hydrogens is 278 g/mol. The van der Waals surface area contributed by atoms with Gasteiger partial charge in [-0.15, -0.1) is 12.4 Å². The number of hydrogen-bond donors (Lipinski definition) is 3. The minimum atomic E-state index is -0.510. The molecular formula is C14H22ClN3O2. The molecule has 112 valence electrons. The summed E-state index contributed by atoms with van der Waals surface area (Å²) in [5.41, 5.74) is 6.82. The molecule has 0 aliphatic carbocycles. The van der Waals surface area contributed by atoms with E-state index in [4.69, 9.17) is 5.73 Å². The summed E-state index contributed by atoms with van der Waals surface area (Å²) in [6, 6.07) is 6.30. The summed E-state index contributed by atoms with van der Waals surface area (Å²) in [6.45, 7) is 5.65. The van der Waals surface area contributed by atoms with Crippen LogP contribution in [0.4, 0.5) is 5.69 Å². The van der Waals surface area contributed by atoms with Crippen LogP contribution in [0.25, 0.3) is 0 Å². The highest BCUT2D eigenvalue weighted by atomic mass is 35.5. The number of amides is 2. The van der Waals surface area contributed by atoms with Crippen molar-refractivity contribution in [3.63, 3.8) is 0 Å². The topological polar surface area (TPSA) is 84.2 Å². The third kappa shape index (κ3) is 5.59. The molecule has 0 radical (unpaired) electrons. The first-order valence-corrected chi connectivity index (χ1v) is 6.41. The van der Waals surface area contributed by atoms with Crippen LogP contribution in [0, 0.1) is 0 Å². The van der Waals surface area contributed by atoms with Crippen LogP contribution < -0.4 is 16.4 Å². The Morgan fingerprint density at radius 3 is 2.20 bits per heavy atom. The van der Waals surface area contributed by atoms with E-state index in [1.54, 1.807) is 24.3 Å². The molecule has 1 rings (SSSR count). The van der Waals surface area contributed by atoms with Crippen molar-refractivity contribution in [3.05, 3.63) is 29.8 Å². The Bertz CT molecular complexity index is 446. The van der Waals surface area contributed by atoms with Gasteiger partial charge in [0.2, 0.25) is 5.91 Å². The molecule has 0 saturated heterocycles. The van der Waals surface area contributed by atoms with Crippen molar-refractivity contribution < 1.29 is 9.59 Å². The Kier molecular flexibility index (Phi) is 7.87. The lowest BCUT2D eigenvalue weighted by Crippen LogP contribution is -2.34. The molecule has 1 aromatic rings. The lowest BCUT2D eigenvalue weighted by Gasteiger charge is -2.11. The lowest BCUT2D eigenvalue weighted by molar-refractivity contribution is -0.117. The summed E-state index contributed by atoms with van der Waals surface area (Å²) in [5.74, 6) is -0.347. The van der Waals surface area contributed by atoms with E-state index in [0.717, 1.165) is 0 Å². The van der Waals surface area contributed by atoms with E-state index in [-0.39, 0.29) is 30.3 Å². The Morgan fingerprint density at radius 1 is 1.20 bits per heavy atom. The largest absolute Gasteiger partial charge is 0.350 e. The second-order valence-electron chi connectivity index (χ2n) is 4.71. The normalized spacial score (nSPS) is 11.4. The van der Waals surface area contributed by atoms with Gasteiger partial charge in [-0.1, -0.05) is 6.92 Å². The van der Waals surface area contributed by atoms with Crippen LogP contribution >= 0.6 is 12.4 Å². The van der Waals surface area contributed by atoms with Crippen molar-refractivity contribution in [2.75, 3.05) is 5.32 Å². The molecule has 4 N–H and O–H groups in total. The number of benzene rings is 1. The molecule has 0 aliphatic heterocycles. The number of carbonyl (C=O) groups excluding carboxylic acids is 2. The van der Waals surface area contributed by atoms with E-state index in [0.29, 0.717) is 17.7 Å². The van der Waals surface area contributed by atoms with Crippen LogP contribution in [0.3, 0.4) is 0 Å². The molecule has 0 spiro atoms. The van der Waals surface area contributed by atoms with Crippen LogP contribution in [0.15, 0.2) is 24.3 Å². The van der Waals surface area contributed by atoms with Crippen molar-refractivity contribution in [2.24, 2.45) is 5.73 Å². The second-order valence-corrected chi connectivity index (χ2v) is 4.71. The highest BCUT2D eigenvalue weighted by Crippen LogP contribution is 2.10. The van der Waals surface area contributed by atoms with E-state index < -0.39 is 6.04 Å². The minimum Gasteiger partial charge on any atom is -0.350 e. The fourth-order valence-corrected chi connectivity index (χ4v) is 1.47. The van der Waals surface area contributed by atoms with Gasteiger partial charge in [0.15, 0.2) is 0 Å². The number of rotatable bonds is 5. The van der Waals surface area contributed by atoms with Crippen LogP contribution in [0.5, 0.6) is 0 Å². The van der Waals surface area contributed by atoms with Crippen LogP contribution in [0.1, 0.15) is 37.6 Å². The van der Waals surface area contributed by atoms with Crippen LogP contribution in [-0.2, 0) is 4.79 Å². The first-order chi connectivity index (χ1) is 8.93. The zero-order chi connectivity index (χ0) is 14.4. The molecule has 2 amide bonds. The molecule has 1 atom stereocenters. The second kappa shape index (κ2) is 8.55. The summed E-state index contributed by atoms with van der Waals surface area (Å²) in [7, 11) is 0. The first kappa shape index (κ1) is 18.4. The maximum Gasteiger partial charge on any atom is 0.251 e. The van der Waals surface area contributed by atoms with E-state index in [2.05, 4.69) is 10.6 Å². The van der Waals surface area contributed by atoms with Crippen molar-refractivity contribution in [2.45, 2.75) is 39.3 Å². The first-order valence-electron chi connectivity index (χ1n) is 6.41. The predicted octanol–water partition coefficient (Wildman–Crippen LogP) is 1.92. The molecule has 0 aromatic heterocycles. The van der Waals surface area contributed by atoms with Crippen molar-refractivity contribution >= 4 is 29.9 Å². The molecule has 0 saturated carbocycles. The monoisotopic (exact) mass is 299 g/mol. The van der Waals surface area contributed by atoms with E-state index in [1.165, 1.54) is 0 Å². The third-order valence-corrected chi connectivity index (χ3v) is 2.61. The standard InChI is InChI=1S/C14H21N3O2.ClH/c1-4-12(15)14(19)17-11-7-5-10(6-8-11)13(18)16-9(2)3;/h5-9,12H,4,15H2,1-3H3,(H,16,18)(H,17,19);1H/t12-;/m0./s1. The SMILES string of the molecule is CC[C@H](N)C(=O)Nc1ccc(C(=O)NC(C)C)cc1.Cl. The smallest absolute Gasteiger partial charge is 0.251 e. The summed E-state index contributed by atoms with van der Waals surface area (Å²) in [4.78, 5) is 23.3. The van der Waals surface area contributed by atoms with Gasteiger partial charge >= 0.3 is 0 Å². The quantitative estimate of drug-likeness (QED) is 0.776. The Morgan fingerprint density at radius 2 is 1.75 bits per heavy atom. The van der Waals surface area contributed by atoms with Crippen molar-refractivity contribution in [3.8, 4) is 0 Å². The Hall–Kier alpha value is -1.59. The maximum atomic E-state index is 11.7. The summed E-state index contributed by atoms with van der Waals surface area (Å²) < 4.78 is 0. The number of anilines is 1. The fraction of sp³-hybridized carbons (Fsp3) is 0.429. The van der Waals surface area contributed by atoms with Gasteiger partial charge in [0.25, 0.3) is 5.91 Å². The summed E-state index contributed by atoms with van der Waals surface area (Å²) in [5, 5.41) is 5.50. The van der Waals surface area contributed by atoms with Gasteiger partial charge in [0, 0.05) is 17.3 Å². The van der Waals surface area contributed by atoms with Gasteiger partial charge in [0.05, 0.1) is 6.04 Å². The zero-order valence-corrected chi connectivity index (χ0v) is 12.8. The molecule has 0 heterocycles. The van der Waals surface area contributed by atoms with E-state index in [9.17, 15) is 9.59 Å². The third-order valence-electron chi connectivity index (χ3n) is 2.61. The predicted molar refractivity (Wildman–Crippen MR) is 83.2 cm³/mol. The molecule has 20 heavy (non-hydrogen) atoms. The molecule has 0 unspecified atom stereocenters. The number of nitrogens with two attached hydrogens (primary N) is 1. The zero-order valence-electron chi connectivity index (χ0n) is 12.0. The highest BCUT2D eigenvalue weighted by molar-refractivity contribution is 5.97. The number of hydrogen-bond acceptors (Lipinski definition) is 3. The van der Waals surface area contributed by atoms with Gasteiger partial charge < -0.3 is 16.4 Å². The van der Waals surface area contributed by atoms with Gasteiger partial charge in [-0.3, -0.25) is 9.59 Å². The van der Waals surface area contributed by atoms with E-state index >= 15 is 0 Å². The number of nitrogens with one attached hydrogen (secondary N) is 2. The maximum absolute atomic E-state index is 11.7. The molecule has 5 nitrogen and oxygen atoms in total. The average molecular weight is 300 g/mol. The van der Waals surface area contributed by atoms with E-state index in [1.807, 2.05) is 20.8 Å². The van der Waals surface area contributed by atoms with Crippen LogP contribution in [0.2, 0.25) is 0 Å². The molecule has 6 heteroatoms. The van der Waals surface area contributed by atoms with Gasteiger partial charge in [0.1, 0.15) is 0 Å². The van der Waals surface area contributed by atoms with Crippen molar-refractivity contribution in [1.29, 1.82) is 0 Å². The van der Waals surface area contributed by atoms with Gasteiger partial charge in [-0.25, -0.2) is 0 Å². The molecule has 0 fully saturated rings. The minimum absolute atomic E-state index is 0.